The average molecular weight is 289 g/mol. The zero-order chi connectivity index (χ0) is 15.5. The highest BCUT2D eigenvalue weighted by atomic mass is 16.2. The highest BCUT2D eigenvalue weighted by Gasteiger charge is 2.36. The Morgan fingerprint density at radius 3 is 2.52 bits per heavy atom. The summed E-state index contributed by atoms with van der Waals surface area (Å²) in [5.41, 5.74) is 6.49. The summed E-state index contributed by atoms with van der Waals surface area (Å²) < 4.78 is 0. The van der Waals surface area contributed by atoms with E-state index >= 15 is 0 Å². The molecule has 0 radical (unpaired) electrons. The Morgan fingerprint density at radius 1 is 1.24 bits per heavy atom. The van der Waals surface area contributed by atoms with Gasteiger partial charge in [0, 0.05) is 17.3 Å². The van der Waals surface area contributed by atoms with Crippen molar-refractivity contribution in [3.8, 4) is 0 Å². The van der Waals surface area contributed by atoms with Crippen LogP contribution in [0.25, 0.3) is 0 Å². The van der Waals surface area contributed by atoms with E-state index in [1.165, 1.54) is 0 Å². The standard InChI is InChI=1S/C16H23N3O2/c1-11(2)18-14(20)12-6-5-7-13(10-12)19-15(21)16(17)8-3-4-9-16/h5-7,10-11H,3-4,8-9,17H2,1-2H3,(H,18,20)(H,19,21). The monoisotopic (exact) mass is 289 g/mol. The SMILES string of the molecule is CC(C)NC(=O)c1cccc(NC(=O)C2(N)CCCC2)c1. The van der Waals surface area contributed by atoms with Crippen molar-refractivity contribution >= 4 is 17.5 Å². The number of rotatable bonds is 4. The number of hydrogen-bond donors (Lipinski definition) is 3. The van der Waals surface area contributed by atoms with Crippen LogP contribution in [0.3, 0.4) is 0 Å². The van der Waals surface area contributed by atoms with E-state index in [-0.39, 0.29) is 17.9 Å². The number of hydrogen-bond acceptors (Lipinski definition) is 3. The molecule has 0 bridgehead atoms. The van der Waals surface area contributed by atoms with Gasteiger partial charge < -0.3 is 16.4 Å². The van der Waals surface area contributed by atoms with Crippen LogP contribution < -0.4 is 16.4 Å². The smallest absolute Gasteiger partial charge is 0.251 e. The maximum Gasteiger partial charge on any atom is 0.251 e. The van der Waals surface area contributed by atoms with Crippen molar-refractivity contribution in [3.63, 3.8) is 0 Å². The van der Waals surface area contributed by atoms with Crippen LogP contribution in [0, 0.1) is 0 Å². The quantitative estimate of drug-likeness (QED) is 0.793. The third kappa shape index (κ3) is 3.82. The minimum Gasteiger partial charge on any atom is -0.350 e. The molecule has 1 aromatic carbocycles. The van der Waals surface area contributed by atoms with Gasteiger partial charge in [0.2, 0.25) is 5.91 Å². The van der Waals surface area contributed by atoms with Crippen LogP contribution in [-0.4, -0.2) is 23.4 Å². The molecular weight excluding hydrogens is 266 g/mol. The summed E-state index contributed by atoms with van der Waals surface area (Å²) in [6.07, 6.45) is 3.40. The van der Waals surface area contributed by atoms with Crippen molar-refractivity contribution in [2.75, 3.05) is 5.32 Å². The molecule has 1 saturated carbocycles. The van der Waals surface area contributed by atoms with Crippen molar-refractivity contribution < 1.29 is 9.59 Å². The second-order valence-electron chi connectivity index (χ2n) is 6.03. The van der Waals surface area contributed by atoms with Crippen LogP contribution in [0.1, 0.15) is 49.9 Å². The Kier molecular flexibility index (Phi) is 4.63. The lowest BCUT2D eigenvalue weighted by atomic mass is 9.98. The molecule has 1 aliphatic rings. The molecule has 0 heterocycles. The molecule has 114 valence electrons. The van der Waals surface area contributed by atoms with E-state index in [0.29, 0.717) is 24.1 Å². The fourth-order valence-corrected chi connectivity index (χ4v) is 2.57. The first-order valence-corrected chi connectivity index (χ1v) is 7.42. The number of carbonyl (C=O) groups is 2. The van der Waals surface area contributed by atoms with Crippen molar-refractivity contribution in [1.82, 2.24) is 5.32 Å². The minimum atomic E-state index is -0.768. The fourth-order valence-electron chi connectivity index (χ4n) is 2.57. The molecule has 5 nitrogen and oxygen atoms in total. The first kappa shape index (κ1) is 15.5. The summed E-state index contributed by atoms with van der Waals surface area (Å²) >= 11 is 0. The zero-order valence-corrected chi connectivity index (χ0v) is 12.6. The topological polar surface area (TPSA) is 84.2 Å². The number of nitrogens with two attached hydrogens (primary N) is 1. The Morgan fingerprint density at radius 2 is 1.90 bits per heavy atom. The van der Waals surface area contributed by atoms with Gasteiger partial charge in [-0.1, -0.05) is 18.9 Å². The third-order valence-electron chi connectivity index (χ3n) is 3.75. The molecule has 1 aliphatic carbocycles. The summed E-state index contributed by atoms with van der Waals surface area (Å²) in [7, 11) is 0. The molecule has 2 amide bonds. The van der Waals surface area contributed by atoms with E-state index in [2.05, 4.69) is 10.6 Å². The maximum absolute atomic E-state index is 12.3. The summed E-state index contributed by atoms with van der Waals surface area (Å²) in [6.45, 7) is 3.81. The Labute approximate surface area is 125 Å². The summed E-state index contributed by atoms with van der Waals surface area (Å²) in [5, 5.41) is 5.65. The number of benzene rings is 1. The van der Waals surface area contributed by atoms with E-state index in [9.17, 15) is 9.59 Å². The molecule has 5 heteroatoms. The fraction of sp³-hybridized carbons (Fsp3) is 0.500. The highest BCUT2D eigenvalue weighted by molar-refractivity contribution is 6.00. The van der Waals surface area contributed by atoms with Crippen LogP contribution in [0.4, 0.5) is 5.69 Å². The van der Waals surface area contributed by atoms with Gasteiger partial charge in [-0.2, -0.15) is 0 Å². The van der Waals surface area contributed by atoms with Crippen molar-refractivity contribution in [1.29, 1.82) is 0 Å². The third-order valence-corrected chi connectivity index (χ3v) is 3.75. The summed E-state index contributed by atoms with van der Waals surface area (Å²) in [5.74, 6) is -0.314. The lowest BCUT2D eigenvalue weighted by molar-refractivity contribution is -0.121. The lowest BCUT2D eigenvalue weighted by Crippen LogP contribution is -2.48. The minimum absolute atomic E-state index is 0.0709. The van der Waals surface area contributed by atoms with E-state index in [1.54, 1.807) is 24.3 Å². The molecular formula is C16H23N3O2. The number of anilines is 1. The van der Waals surface area contributed by atoms with Gasteiger partial charge in [0.05, 0.1) is 5.54 Å². The van der Waals surface area contributed by atoms with Gasteiger partial charge in [0.1, 0.15) is 0 Å². The molecule has 1 fully saturated rings. The van der Waals surface area contributed by atoms with Gasteiger partial charge in [-0.3, -0.25) is 9.59 Å². The zero-order valence-electron chi connectivity index (χ0n) is 12.6. The van der Waals surface area contributed by atoms with Gasteiger partial charge in [0.25, 0.3) is 5.91 Å². The Hall–Kier alpha value is -1.88. The number of carbonyl (C=O) groups excluding carboxylic acids is 2. The average Bonchev–Trinajstić information content (AvgIpc) is 2.86. The van der Waals surface area contributed by atoms with Crippen LogP contribution >= 0.6 is 0 Å². The van der Waals surface area contributed by atoms with Gasteiger partial charge in [-0.25, -0.2) is 0 Å². The largest absolute Gasteiger partial charge is 0.350 e. The molecule has 2 rings (SSSR count). The van der Waals surface area contributed by atoms with Crippen LogP contribution in [0.5, 0.6) is 0 Å². The molecule has 1 aromatic rings. The predicted molar refractivity (Wildman–Crippen MR) is 83.1 cm³/mol. The van der Waals surface area contributed by atoms with Gasteiger partial charge in [-0.15, -0.1) is 0 Å². The van der Waals surface area contributed by atoms with Gasteiger partial charge in [-0.05, 0) is 44.9 Å². The van der Waals surface area contributed by atoms with E-state index in [4.69, 9.17) is 5.73 Å². The number of amides is 2. The molecule has 0 spiro atoms. The Bertz CT molecular complexity index is 534. The van der Waals surface area contributed by atoms with Crippen molar-refractivity contribution in [3.05, 3.63) is 29.8 Å². The van der Waals surface area contributed by atoms with Crippen LogP contribution in [0.2, 0.25) is 0 Å². The molecule has 21 heavy (non-hydrogen) atoms. The molecule has 4 N–H and O–H groups in total. The first-order valence-electron chi connectivity index (χ1n) is 7.42. The normalized spacial score (nSPS) is 16.8. The molecule has 0 aliphatic heterocycles. The Balaban J connectivity index is 2.07. The van der Waals surface area contributed by atoms with Gasteiger partial charge in [0.15, 0.2) is 0 Å². The molecule has 0 aromatic heterocycles. The lowest BCUT2D eigenvalue weighted by Gasteiger charge is -2.22. The summed E-state index contributed by atoms with van der Waals surface area (Å²) in [4.78, 5) is 24.2. The molecule has 0 saturated heterocycles. The summed E-state index contributed by atoms with van der Waals surface area (Å²) in [6, 6.07) is 6.99. The second-order valence-corrected chi connectivity index (χ2v) is 6.03. The highest BCUT2D eigenvalue weighted by Crippen LogP contribution is 2.28. The second kappa shape index (κ2) is 6.26. The molecule has 0 atom stereocenters. The number of nitrogens with one attached hydrogen (secondary N) is 2. The van der Waals surface area contributed by atoms with Crippen LogP contribution in [-0.2, 0) is 4.79 Å². The van der Waals surface area contributed by atoms with Crippen LogP contribution in [0.15, 0.2) is 24.3 Å². The predicted octanol–water partition coefficient (Wildman–Crippen LogP) is 2.03. The van der Waals surface area contributed by atoms with Gasteiger partial charge >= 0.3 is 0 Å². The van der Waals surface area contributed by atoms with E-state index in [1.807, 2.05) is 13.8 Å². The van der Waals surface area contributed by atoms with Crippen molar-refractivity contribution in [2.24, 2.45) is 5.73 Å². The van der Waals surface area contributed by atoms with E-state index < -0.39 is 5.54 Å². The maximum atomic E-state index is 12.3. The first-order chi connectivity index (χ1) is 9.90. The molecule has 0 unspecified atom stereocenters. The van der Waals surface area contributed by atoms with E-state index in [0.717, 1.165) is 12.8 Å². The van der Waals surface area contributed by atoms with Crippen molar-refractivity contribution in [2.45, 2.75) is 51.1 Å².